The summed E-state index contributed by atoms with van der Waals surface area (Å²) in [7, 11) is 0. The zero-order valence-corrected chi connectivity index (χ0v) is 9.08. The van der Waals surface area contributed by atoms with Crippen molar-refractivity contribution in [3.8, 4) is 6.07 Å². The molecule has 1 unspecified atom stereocenters. The monoisotopic (exact) mass is 224 g/mol. The SMILES string of the molecule is CCCNC(C#N)c1cccc(C(F)F)c1. The molecular formula is C12H14F2N2. The van der Waals surface area contributed by atoms with E-state index in [1.165, 1.54) is 12.1 Å². The summed E-state index contributed by atoms with van der Waals surface area (Å²) in [6.45, 7) is 2.67. The summed E-state index contributed by atoms with van der Waals surface area (Å²) in [5.74, 6) is 0. The fourth-order valence-electron chi connectivity index (χ4n) is 1.40. The van der Waals surface area contributed by atoms with Gasteiger partial charge >= 0.3 is 0 Å². The minimum Gasteiger partial charge on any atom is -0.298 e. The van der Waals surface area contributed by atoms with E-state index in [2.05, 4.69) is 11.4 Å². The second-order valence-corrected chi connectivity index (χ2v) is 3.49. The number of nitrogens with one attached hydrogen (secondary N) is 1. The van der Waals surface area contributed by atoms with Gasteiger partial charge in [0.1, 0.15) is 6.04 Å². The molecule has 1 N–H and O–H groups in total. The average Bonchev–Trinajstić information content (AvgIpc) is 2.30. The largest absolute Gasteiger partial charge is 0.298 e. The Balaban J connectivity index is 2.85. The molecule has 0 saturated heterocycles. The molecule has 1 aromatic carbocycles. The molecule has 0 amide bonds. The molecule has 0 heterocycles. The predicted octanol–water partition coefficient (Wildman–Crippen LogP) is 3.19. The van der Waals surface area contributed by atoms with Crippen molar-refractivity contribution in [3.05, 3.63) is 35.4 Å². The van der Waals surface area contributed by atoms with Gasteiger partial charge in [0.05, 0.1) is 6.07 Å². The zero-order chi connectivity index (χ0) is 12.0. The molecule has 0 aliphatic heterocycles. The van der Waals surface area contributed by atoms with Gasteiger partial charge in [-0.15, -0.1) is 0 Å². The van der Waals surface area contributed by atoms with Crippen LogP contribution in [0.4, 0.5) is 8.78 Å². The molecule has 2 nitrogen and oxygen atoms in total. The number of hydrogen-bond acceptors (Lipinski definition) is 2. The zero-order valence-electron chi connectivity index (χ0n) is 9.08. The van der Waals surface area contributed by atoms with E-state index in [9.17, 15) is 8.78 Å². The number of halogens is 2. The summed E-state index contributed by atoms with van der Waals surface area (Å²) in [6, 6.07) is 7.52. The second-order valence-electron chi connectivity index (χ2n) is 3.49. The standard InChI is InChI=1S/C12H14F2N2/c1-2-6-16-11(8-15)9-4-3-5-10(7-9)12(13)14/h3-5,7,11-12,16H,2,6H2,1H3. The number of rotatable bonds is 5. The van der Waals surface area contributed by atoms with Gasteiger partial charge in [-0.05, 0) is 24.6 Å². The molecular weight excluding hydrogens is 210 g/mol. The van der Waals surface area contributed by atoms with Gasteiger partial charge < -0.3 is 0 Å². The fraction of sp³-hybridized carbons (Fsp3) is 0.417. The first-order valence-electron chi connectivity index (χ1n) is 5.20. The molecule has 0 bridgehead atoms. The van der Waals surface area contributed by atoms with Crippen LogP contribution in [0.5, 0.6) is 0 Å². The molecule has 4 heteroatoms. The smallest absolute Gasteiger partial charge is 0.263 e. The highest BCUT2D eigenvalue weighted by molar-refractivity contribution is 5.29. The van der Waals surface area contributed by atoms with Crippen LogP contribution in [0, 0.1) is 11.3 Å². The van der Waals surface area contributed by atoms with E-state index >= 15 is 0 Å². The van der Waals surface area contributed by atoms with Gasteiger partial charge in [0.15, 0.2) is 0 Å². The fourth-order valence-corrected chi connectivity index (χ4v) is 1.40. The highest BCUT2D eigenvalue weighted by Gasteiger charge is 2.12. The molecule has 1 aromatic rings. The quantitative estimate of drug-likeness (QED) is 0.833. The molecule has 0 radical (unpaired) electrons. The molecule has 0 aliphatic carbocycles. The Morgan fingerprint density at radius 3 is 2.62 bits per heavy atom. The normalized spacial score (nSPS) is 12.4. The summed E-state index contributed by atoms with van der Waals surface area (Å²) in [5, 5.41) is 11.9. The maximum Gasteiger partial charge on any atom is 0.263 e. The molecule has 0 saturated carbocycles. The molecule has 0 spiro atoms. The Bertz CT molecular complexity index is 372. The van der Waals surface area contributed by atoms with E-state index in [0.717, 1.165) is 6.42 Å². The van der Waals surface area contributed by atoms with Crippen LogP contribution in [0.15, 0.2) is 24.3 Å². The van der Waals surface area contributed by atoms with Gasteiger partial charge in [-0.1, -0.05) is 25.1 Å². The molecule has 0 aliphatic rings. The summed E-state index contributed by atoms with van der Waals surface area (Å²) >= 11 is 0. The maximum absolute atomic E-state index is 12.5. The van der Waals surface area contributed by atoms with Gasteiger partial charge in [-0.3, -0.25) is 5.32 Å². The van der Waals surface area contributed by atoms with E-state index in [4.69, 9.17) is 5.26 Å². The van der Waals surface area contributed by atoms with Crippen LogP contribution in [-0.2, 0) is 0 Å². The second kappa shape index (κ2) is 6.19. The summed E-state index contributed by atoms with van der Waals surface area (Å²) in [5.41, 5.74) is 0.546. The molecule has 0 aromatic heterocycles. The predicted molar refractivity (Wildman–Crippen MR) is 58.0 cm³/mol. The van der Waals surface area contributed by atoms with Crippen molar-refractivity contribution in [2.24, 2.45) is 0 Å². The third kappa shape index (κ3) is 3.28. The van der Waals surface area contributed by atoms with Gasteiger partial charge in [0.2, 0.25) is 0 Å². The average molecular weight is 224 g/mol. The number of hydrogen-bond donors (Lipinski definition) is 1. The van der Waals surface area contributed by atoms with Crippen molar-refractivity contribution in [2.45, 2.75) is 25.8 Å². The first kappa shape index (κ1) is 12.6. The summed E-state index contributed by atoms with van der Waals surface area (Å²) in [6.07, 6.45) is -1.60. The van der Waals surface area contributed by atoms with Gasteiger partial charge in [0, 0.05) is 5.56 Å². The highest BCUT2D eigenvalue weighted by atomic mass is 19.3. The number of nitrogens with zero attached hydrogens (tertiary/aromatic N) is 1. The van der Waals surface area contributed by atoms with Gasteiger partial charge in [-0.25, -0.2) is 8.78 Å². The minimum absolute atomic E-state index is 0.0453. The summed E-state index contributed by atoms with van der Waals surface area (Å²) in [4.78, 5) is 0. The van der Waals surface area contributed by atoms with Crippen molar-refractivity contribution in [3.63, 3.8) is 0 Å². The Morgan fingerprint density at radius 1 is 1.38 bits per heavy atom. The van der Waals surface area contributed by atoms with Crippen LogP contribution in [-0.4, -0.2) is 6.54 Å². The van der Waals surface area contributed by atoms with Crippen molar-refractivity contribution >= 4 is 0 Å². The molecule has 1 atom stereocenters. The van der Waals surface area contributed by atoms with Crippen LogP contribution in [0.1, 0.15) is 36.9 Å². The van der Waals surface area contributed by atoms with E-state index in [0.29, 0.717) is 12.1 Å². The number of alkyl halides is 2. The maximum atomic E-state index is 12.5. The lowest BCUT2D eigenvalue weighted by Gasteiger charge is -2.12. The number of nitriles is 1. The minimum atomic E-state index is -2.49. The first-order chi connectivity index (χ1) is 7.69. The van der Waals surface area contributed by atoms with E-state index < -0.39 is 12.5 Å². The van der Waals surface area contributed by atoms with Gasteiger partial charge in [0.25, 0.3) is 6.43 Å². The van der Waals surface area contributed by atoms with Crippen molar-refractivity contribution < 1.29 is 8.78 Å². The Hall–Kier alpha value is -1.47. The van der Waals surface area contributed by atoms with Crippen LogP contribution >= 0.6 is 0 Å². The summed E-state index contributed by atoms with van der Waals surface area (Å²) < 4.78 is 24.9. The van der Waals surface area contributed by atoms with Crippen molar-refractivity contribution in [1.29, 1.82) is 5.26 Å². The van der Waals surface area contributed by atoms with Crippen LogP contribution in [0.25, 0.3) is 0 Å². The molecule has 1 rings (SSSR count). The van der Waals surface area contributed by atoms with Gasteiger partial charge in [-0.2, -0.15) is 5.26 Å². The topological polar surface area (TPSA) is 35.8 Å². The Labute approximate surface area is 93.9 Å². The van der Waals surface area contributed by atoms with Crippen molar-refractivity contribution in [2.75, 3.05) is 6.54 Å². The van der Waals surface area contributed by atoms with Crippen LogP contribution in [0.2, 0.25) is 0 Å². The third-order valence-electron chi connectivity index (χ3n) is 2.22. The Morgan fingerprint density at radius 2 is 2.06 bits per heavy atom. The van der Waals surface area contributed by atoms with E-state index in [1.807, 2.05) is 6.92 Å². The van der Waals surface area contributed by atoms with Crippen LogP contribution in [0.3, 0.4) is 0 Å². The lowest BCUT2D eigenvalue weighted by atomic mass is 10.0. The molecule has 86 valence electrons. The number of benzene rings is 1. The molecule has 0 fully saturated rings. The van der Waals surface area contributed by atoms with Crippen LogP contribution < -0.4 is 5.32 Å². The molecule has 16 heavy (non-hydrogen) atoms. The van der Waals surface area contributed by atoms with E-state index in [-0.39, 0.29) is 5.56 Å². The lowest BCUT2D eigenvalue weighted by molar-refractivity contribution is 0.151. The van der Waals surface area contributed by atoms with Crippen molar-refractivity contribution in [1.82, 2.24) is 5.32 Å². The highest BCUT2D eigenvalue weighted by Crippen LogP contribution is 2.22. The third-order valence-corrected chi connectivity index (χ3v) is 2.22. The Kier molecular flexibility index (Phi) is 4.87. The van der Waals surface area contributed by atoms with E-state index in [1.54, 1.807) is 12.1 Å². The first-order valence-corrected chi connectivity index (χ1v) is 5.20. The lowest BCUT2D eigenvalue weighted by Crippen LogP contribution is -2.20.